The van der Waals surface area contributed by atoms with Gasteiger partial charge in [0, 0.05) is 45.4 Å². The summed E-state index contributed by atoms with van der Waals surface area (Å²) >= 11 is 0. The molecule has 0 heterocycles. The number of hydrogen-bond donors (Lipinski definition) is 4. The van der Waals surface area contributed by atoms with Crippen molar-refractivity contribution in [2.45, 2.75) is 77.2 Å². The number of rotatable bonds is 28. The van der Waals surface area contributed by atoms with Crippen LogP contribution in [0.5, 0.6) is 0 Å². The number of Topliss-reactive ketones (excluding diaryl/α,β-unsaturated/α-hetero) is 1. The third-order valence-corrected chi connectivity index (χ3v) is 5.38. The molecule has 226 valence electrons. The van der Waals surface area contributed by atoms with E-state index in [9.17, 15) is 29.1 Å². The van der Waals surface area contributed by atoms with Gasteiger partial charge in [-0.05, 0) is 32.6 Å². The fourth-order valence-electron chi connectivity index (χ4n) is 3.30. The van der Waals surface area contributed by atoms with Gasteiger partial charge in [0.05, 0.1) is 33.0 Å². The Labute approximate surface area is 230 Å². The lowest BCUT2D eigenvalue weighted by Crippen LogP contribution is -2.41. The summed E-state index contributed by atoms with van der Waals surface area (Å²) in [5.74, 6) is -2.82. The zero-order chi connectivity index (χ0) is 29.1. The summed E-state index contributed by atoms with van der Waals surface area (Å²) in [6.07, 6.45) is 3.44. The van der Waals surface area contributed by atoms with Crippen molar-refractivity contribution in [1.29, 1.82) is 0 Å². The Morgan fingerprint density at radius 1 is 0.667 bits per heavy atom. The minimum absolute atomic E-state index is 0.00861. The Morgan fingerprint density at radius 2 is 1.31 bits per heavy atom. The van der Waals surface area contributed by atoms with Crippen molar-refractivity contribution < 1.29 is 53.1 Å². The number of carbonyl (C=O) groups is 5. The number of carboxylic acids is 2. The number of carboxylic acid groups (broad SMARTS) is 2. The predicted octanol–water partition coefficient (Wildman–Crippen LogP) is 1.31. The topological polar surface area (TPSA) is 187 Å². The summed E-state index contributed by atoms with van der Waals surface area (Å²) in [5.41, 5.74) is 0. The van der Waals surface area contributed by atoms with Crippen molar-refractivity contribution in [3.8, 4) is 0 Å². The molecule has 0 aliphatic heterocycles. The highest BCUT2D eigenvalue weighted by Crippen LogP contribution is 2.07. The number of aliphatic carboxylic acids is 2. The maximum absolute atomic E-state index is 12.1. The molecule has 0 rings (SSSR count). The molecule has 0 aromatic heterocycles. The quantitative estimate of drug-likeness (QED) is 0.101. The Hall–Kier alpha value is -2.61. The molecule has 39 heavy (non-hydrogen) atoms. The van der Waals surface area contributed by atoms with Crippen LogP contribution in [0, 0.1) is 0 Å². The van der Waals surface area contributed by atoms with Crippen LogP contribution in [0.2, 0.25) is 0 Å². The predicted molar refractivity (Wildman–Crippen MR) is 140 cm³/mol. The number of carbonyl (C=O) groups excluding carboxylic acids is 3. The molecule has 1 atom stereocenters. The number of nitrogens with one attached hydrogen (secondary N) is 2. The lowest BCUT2D eigenvalue weighted by molar-refractivity contribution is -0.142. The maximum Gasteiger partial charge on any atom is 0.326 e. The summed E-state index contributed by atoms with van der Waals surface area (Å²) in [6, 6.07) is -1.13. The van der Waals surface area contributed by atoms with Gasteiger partial charge in [-0.1, -0.05) is 12.8 Å². The van der Waals surface area contributed by atoms with Crippen molar-refractivity contribution in [2.24, 2.45) is 0 Å². The second kappa shape index (κ2) is 25.7. The van der Waals surface area contributed by atoms with E-state index in [0.29, 0.717) is 71.7 Å². The molecule has 0 aromatic rings. The first kappa shape index (κ1) is 36.4. The fraction of sp³-hybridized carbons (Fsp3) is 0.808. The standard InChI is InChI=1S/C26H46N2O11/c1-2-36-16-17-38-15-13-27-24(31)20-39-19-18-37-14-7-8-21(29)11-12-22(26(34)35)28-23(30)9-5-3-4-6-10-25(32)33/h22H,2-20H2,1H3,(H,27,31)(H,28,30)(H,32,33)(H,34,35)/t22-/m0/s1. The molecule has 0 saturated heterocycles. The average Bonchev–Trinajstić information content (AvgIpc) is 2.89. The minimum atomic E-state index is -1.19. The molecule has 0 aromatic carbocycles. The van der Waals surface area contributed by atoms with Gasteiger partial charge in [0.15, 0.2) is 0 Å². The third-order valence-electron chi connectivity index (χ3n) is 5.38. The minimum Gasteiger partial charge on any atom is -0.481 e. The van der Waals surface area contributed by atoms with Crippen LogP contribution >= 0.6 is 0 Å². The van der Waals surface area contributed by atoms with Crippen LogP contribution < -0.4 is 10.6 Å². The number of hydrogen-bond acceptors (Lipinski definition) is 9. The third kappa shape index (κ3) is 25.4. The highest BCUT2D eigenvalue weighted by molar-refractivity contribution is 5.84. The van der Waals surface area contributed by atoms with Crippen LogP contribution in [0.3, 0.4) is 0 Å². The van der Waals surface area contributed by atoms with Gasteiger partial charge in [-0.2, -0.15) is 0 Å². The first-order valence-corrected chi connectivity index (χ1v) is 13.6. The molecule has 0 bridgehead atoms. The normalized spacial score (nSPS) is 11.6. The van der Waals surface area contributed by atoms with Crippen molar-refractivity contribution in [3.63, 3.8) is 0 Å². The van der Waals surface area contributed by atoms with Crippen LogP contribution in [0.15, 0.2) is 0 Å². The molecule has 0 fully saturated rings. The molecule has 0 unspecified atom stereocenters. The van der Waals surface area contributed by atoms with E-state index in [-0.39, 0.29) is 63.6 Å². The van der Waals surface area contributed by atoms with Gasteiger partial charge in [0.1, 0.15) is 18.4 Å². The summed E-state index contributed by atoms with van der Waals surface area (Å²) in [6.45, 7) is 5.06. The van der Waals surface area contributed by atoms with Crippen LogP contribution in [-0.4, -0.2) is 105 Å². The van der Waals surface area contributed by atoms with E-state index in [1.165, 1.54) is 0 Å². The van der Waals surface area contributed by atoms with Gasteiger partial charge in [-0.25, -0.2) is 4.79 Å². The molecule has 0 saturated carbocycles. The lowest BCUT2D eigenvalue weighted by atomic mass is 10.1. The monoisotopic (exact) mass is 562 g/mol. The van der Waals surface area contributed by atoms with Gasteiger partial charge >= 0.3 is 11.9 Å². The van der Waals surface area contributed by atoms with Crippen molar-refractivity contribution >= 4 is 29.5 Å². The second-order valence-corrected chi connectivity index (χ2v) is 8.77. The maximum atomic E-state index is 12.1. The average molecular weight is 563 g/mol. The molecule has 4 N–H and O–H groups in total. The van der Waals surface area contributed by atoms with Crippen molar-refractivity contribution in [2.75, 3.05) is 59.4 Å². The van der Waals surface area contributed by atoms with E-state index >= 15 is 0 Å². The van der Waals surface area contributed by atoms with E-state index in [4.69, 9.17) is 24.1 Å². The Morgan fingerprint density at radius 3 is 1.97 bits per heavy atom. The molecule has 13 nitrogen and oxygen atoms in total. The van der Waals surface area contributed by atoms with Gasteiger partial charge in [-0.3, -0.25) is 19.2 Å². The zero-order valence-corrected chi connectivity index (χ0v) is 23.1. The highest BCUT2D eigenvalue weighted by Gasteiger charge is 2.20. The smallest absolute Gasteiger partial charge is 0.326 e. The van der Waals surface area contributed by atoms with Crippen LogP contribution in [0.4, 0.5) is 0 Å². The summed E-state index contributed by atoms with van der Waals surface area (Å²) in [5, 5.41) is 23.0. The SMILES string of the molecule is CCOCCOCCNC(=O)COCCOCCCC(=O)CC[C@H](NC(=O)CCCCCCC(=O)O)C(=O)O. The van der Waals surface area contributed by atoms with E-state index < -0.39 is 23.9 Å². The molecular weight excluding hydrogens is 516 g/mol. The highest BCUT2D eigenvalue weighted by atomic mass is 16.5. The van der Waals surface area contributed by atoms with Crippen LogP contribution in [-0.2, 0) is 42.9 Å². The van der Waals surface area contributed by atoms with Crippen LogP contribution in [0.1, 0.15) is 71.1 Å². The zero-order valence-electron chi connectivity index (χ0n) is 23.1. The molecule has 13 heteroatoms. The van der Waals surface area contributed by atoms with E-state index in [1.54, 1.807) is 0 Å². The molecule has 2 amide bonds. The Bertz CT molecular complexity index is 703. The van der Waals surface area contributed by atoms with Gasteiger partial charge in [-0.15, -0.1) is 0 Å². The largest absolute Gasteiger partial charge is 0.481 e. The van der Waals surface area contributed by atoms with Crippen molar-refractivity contribution in [1.82, 2.24) is 10.6 Å². The molecule has 0 aliphatic rings. The van der Waals surface area contributed by atoms with E-state index in [2.05, 4.69) is 10.6 Å². The number of unbranched alkanes of at least 4 members (excludes halogenated alkanes) is 3. The summed E-state index contributed by atoms with van der Waals surface area (Å²) in [4.78, 5) is 57.6. The molecule has 0 spiro atoms. The number of ether oxygens (including phenoxy) is 4. The summed E-state index contributed by atoms with van der Waals surface area (Å²) in [7, 11) is 0. The molecular formula is C26H46N2O11. The fourth-order valence-corrected chi connectivity index (χ4v) is 3.30. The Balaban J connectivity index is 3.73. The Kier molecular flexibility index (Phi) is 23.9. The number of amides is 2. The summed E-state index contributed by atoms with van der Waals surface area (Å²) < 4.78 is 21.0. The first-order chi connectivity index (χ1) is 18.8. The van der Waals surface area contributed by atoms with Crippen molar-refractivity contribution in [3.05, 3.63) is 0 Å². The van der Waals surface area contributed by atoms with Gasteiger partial charge in [0.25, 0.3) is 0 Å². The van der Waals surface area contributed by atoms with E-state index in [1.807, 2.05) is 6.92 Å². The van der Waals surface area contributed by atoms with Crippen LogP contribution in [0.25, 0.3) is 0 Å². The van der Waals surface area contributed by atoms with E-state index in [0.717, 1.165) is 0 Å². The molecule has 0 aliphatic carbocycles. The first-order valence-electron chi connectivity index (χ1n) is 13.6. The lowest BCUT2D eigenvalue weighted by Gasteiger charge is -2.14. The number of ketones is 1. The van der Waals surface area contributed by atoms with Gasteiger partial charge in [0.2, 0.25) is 11.8 Å². The second-order valence-electron chi connectivity index (χ2n) is 8.77. The molecule has 0 radical (unpaired) electrons. The van der Waals surface area contributed by atoms with Gasteiger partial charge < -0.3 is 39.8 Å².